The van der Waals surface area contributed by atoms with Gasteiger partial charge in [-0.3, -0.25) is 4.79 Å². The van der Waals surface area contributed by atoms with Crippen molar-refractivity contribution in [2.75, 3.05) is 11.9 Å². The molecule has 0 aliphatic heterocycles. The zero-order valence-corrected chi connectivity index (χ0v) is 13.9. The molecule has 0 atom stereocenters. The summed E-state index contributed by atoms with van der Waals surface area (Å²) in [4.78, 5) is 24.4. The highest BCUT2D eigenvalue weighted by Crippen LogP contribution is 2.24. The molecular weight excluding hydrogens is 337 g/mol. The van der Waals surface area contributed by atoms with E-state index in [9.17, 15) is 9.59 Å². The first kappa shape index (κ1) is 17.3. The molecule has 0 bridgehead atoms. The van der Waals surface area contributed by atoms with Gasteiger partial charge in [0, 0.05) is 5.02 Å². The second-order valence-electron chi connectivity index (χ2n) is 4.76. The summed E-state index contributed by atoms with van der Waals surface area (Å²) in [5.74, 6) is -0.944. The van der Waals surface area contributed by atoms with Crippen molar-refractivity contribution in [3.63, 3.8) is 0 Å². The molecule has 1 N–H and O–H groups in total. The minimum absolute atomic E-state index is 0.239. The number of anilines is 1. The fourth-order valence-corrected chi connectivity index (χ4v) is 2.30. The number of amides is 1. The van der Waals surface area contributed by atoms with Gasteiger partial charge in [0.2, 0.25) is 0 Å². The fraction of sp³-hybridized carbons (Fsp3) is 0.176. The van der Waals surface area contributed by atoms with Gasteiger partial charge in [-0.05, 0) is 36.8 Å². The van der Waals surface area contributed by atoms with Gasteiger partial charge in [-0.1, -0.05) is 42.3 Å². The average Bonchev–Trinajstić information content (AvgIpc) is 2.53. The van der Waals surface area contributed by atoms with Crippen molar-refractivity contribution in [3.8, 4) is 0 Å². The monoisotopic (exact) mass is 351 g/mol. The lowest BCUT2D eigenvalue weighted by molar-refractivity contribution is 0.0506. The van der Waals surface area contributed by atoms with Gasteiger partial charge < -0.3 is 10.1 Å². The zero-order valence-electron chi connectivity index (χ0n) is 12.4. The summed E-state index contributed by atoms with van der Waals surface area (Å²) < 4.78 is 5.11. The van der Waals surface area contributed by atoms with Crippen LogP contribution in [0.3, 0.4) is 0 Å². The van der Waals surface area contributed by atoms with Crippen molar-refractivity contribution in [2.45, 2.75) is 13.3 Å². The first-order valence-electron chi connectivity index (χ1n) is 7.05. The summed E-state index contributed by atoms with van der Waals surface area (Å²) in [5, 5.41) is 3.37. The molecule has 0 aliphatic rings. The molecule has 0 saturated heterocycles. The molecule has 0 unspecified atom stereocenters. The Labute approximate surface area is 144 Å². The van der Waals surface area contributed by atoms with E-state index in [1.54, 1.807) is 30.3 Å². The summed E-state index contributed by atoms with van der Waals surface area (Å²) >= 11 is 12.0. The SMILES string of the molecule is CCCOC(=O)c1ccc(Cl)cc1NC(=O)c1ccccc1Cl. The van der Waals surface area contributed by atoms with Gasteiger partial charge in [0.05, 0.1) is 28.4 Å². The second kappa shape index (κ2) is 7.99. The van der Waals surface area contributed by atoms with Crippen LogP contribution in [0.1, 0.15) is 34.1 Å². The van der Waals surface area contributed by atoms with Crippen molar-refractivity contribution < 1.29 is 14.3 Å². The molecule has 0 fully saturated rings. The predicted octanol–water partition coefficient (Wildman–Crippen LogP) is 4.81. The van der Waals surface area contributed by atoms with Crippen LogP contribution in [-0.4, -0.2) is 18.5 Å². The summed E-state index contributed by atoms with van der Waals surface area (Å²) in [6.07, 6.45) is 0.709. The number of hydrogen-bond donors (Lipinski definition) is 1. The Morgan fingerprint density at radius 1 is 1.09 bits per heavy atom. The van der Waals surface area contributed by atoms with E-state index in [0.717, 1.165) is 0 Å². The third kappa shape index (κ3) is 4.47. The van der Waals surface area contributed by atoms with Crippen molar-refractivity contribution in [2.24, 2.45) is 0 Å². The van der Waals surface area contributed by atoms with Crippen LogP contribution in [0.15, 0.2) is 42.5 Å². The van der Waals surface area contributed by atoms with Crippen LogP contribution >= 0.6 is 23.2 Å². The van der Waals surface area contributed by atoms with Crippen molar-refractivity contribution in [3.05, 3.63) is 63.6 Å². The highest BCUT2D eigenvalue weighted by molar-refractivity contribution is 6.34. The summed E-state index contributed by atoms with van der Waals surface area (Å²) in [6, 6.07) is 11.2. The van der Waals surface area contributed by atoms with E-state index >= 15 is 0 Å². The van der Waals surface area contributed by atoms with Crippen LogP contribution in [0, 0.1) is 0 Å². The fourth-order valence-electron chi connectivity index (χ4n) is 1.91. The van der Waals surface area contributed by atoms with Gasteiger partial charge in [-0.15, -0.1) is 0 Å². The quantitative estimate of drug-likeness (QED) is 0.786. The number of carbonyl (C=O) groups excluding carboxylic acids is 2. The number of ether oxygens (including phenoxy) is 1. The summed E-state index contributed by atoms with van der Waals surface area (Å²) in [6.45, 7) is 2.20. The first-order chi connectivity index (χ1) is 11.0. The topological polar surface area (TPSA) is 55.4 Å². The third-order valence-corrected chi connectivity index (χ3v) is 3.57. The molecule has 120 valence electrons. The lowest BCUT2D eigenvalue weighted by Gasteiger charge is -2.12. The van der Waals surface area contributed by atoms with Crippen LogP contribution in [0.25, 0.3) is 0 Å². The number of hydrogen-bond acceptors (Lipinski definition) is 3. The summed E-state index contributed by atoms with van der Waals surface area (Å²) in [7, 11) is 0. The number of esters is 1. The Hall–Kier alpha value is -2.04. The van der Waals surface area contributed by atoms with E-state index in [2.05, 4.69) is 5.32 Å². The molecule has 0 radical (unpaired) electrons. The maximum atomic E-state index is 12.3. The zero-order chi connectivity index (χ0) is 16.8. The predicted molar refractivity (Wildman–Crippen MR) is 91.4 cm³/mol. The second-order valence-corrected chi connectivity index (χ2v) is 5.60. The van der Waals surface area contributed by atoms with Gasteiger partial charge in [0.25, 0.3) is 5.91 Å². The lowest BCUT2D eigenvalue weighted by Crippen LogP contribution is -2.16. The molecule has 2 aromatic rings. The summed E-state index contributed by atoms with van der Waals surface area (Å²) in [5.41, 5.74) is 0.828. The standard InChI is InChI=1S/C17H15Cl2NO3/c1-2-9-23-17(22)13-8-7-11(18)10-15(13)20-16(21)12-5-3-4-6-14(12)19/h3-8,10H,2,9H2,1H3,(H,20,21). The molecule has 1 amide bonds. The van der Waals surface area contributed by atoms with E-state index in [4.69, 9.17) is 27.9 Å². The van der Waals surface area contributed by atoms with Crippen molar-refractivity contribution in [1.82, 2.24) is 0 Å². The van der Waals surface area contributed by atoms with Gasteiger partial charge in [-0.25, -0.2) is 4.79 Å². The molecular formula is C17H15Cl2NO3. The lowest BCUT2D eigenvalue weighted by atomic mass is 10.1. The number of nitrogens with one attached hydrogen (secondary N) is 1. The van der Waals surface area contributed by atoms with E-state index in [1.807, 2.05) is 6.92 Å². The van der Waals surface area contributed by atoms with Crippen LogP contribution in [0.5, 0.6) is 0 Å². The highest BCUT2D eigenvalue weighted by Gasteiger charge is 2.17. The van der Waals surface area contributed by atoms with Crippen LogP contribution in [0.4, 0.5) is 5.69 Å². The molecule has 0 aromatic heterocycles. The molecule has 6 heteroatoms. The third-order valence-electron chi connectivity index (χ3n) is 3.01. The maximum Gasteiger partial charge on any atom is 0.340 e. The molecule has 0 saturated carbocycles. The van der Waals surface area contributed by atoms with E-state index < -0.39 is 11.9 Å². The number of halogens is 2. The van der Waals surface area contributed by atoms with Gasteiger partial charge in [0.15, 0.2) is 0 Å². The van der Waals surface area contributed by atoms with E-state index in [-0.39, 0.29) is 11.3 Å². The Morgan fingerprint density at radius 2 is 1.83 bits per heavy atom. The Morgan fingerprint density at radius 3 is 2.52 bits per heavy atom. The normalized spacial score (nSPS) is 10.2. The van der Waals surface area contributed by atoms with Crippen LogP contribution in [0.2, 0.25) is 10.0 Å². The minimum Gasteiger partial charge on any atom is -0.462 e. The highest BCUT2D eigenvalue weighted by atomic mass is 35.5. The van der Waals surface area contributed by atoms with Gasteiger partial charge in [0.1, 0.15) is 0 Å². The van der Waals surface area contributed by atoms with Crippen molar-refractivity contribution in [1.29, 1.82) is 0 Å². The first-order valence-corrected chi connectivity index (χ1v) is 7.81. The molecule has 2 rings (SSSR count). The number of rotatable bonds is 5. The smallest absolute Gasteiger partial charge is 0.340 e. The van der Waals surface area contributed by atoms with Gasteiger partial charge >= 0.3 is 5.97 Å². The van der Waals surface area contributed by atoms with E-state index in [1.165, 1.54) is 12.1 Å². The number of carbonyl (C=O) groups is 2. The number of benzene rings is 2. The van der Waals surface area contributed by atoms with E-state index in [0.29, 0.717) is 28.6 Å². The molecule has 0 heterocycles. The van der Waals surface area contributed by atoms with Gasteiger partial charge in [-0.2, -0.15) is 0 Å². The van der Waals surface area contributed by atoms with Crippen LogP contribution < -0.4 is 5.32 Å². The Balaban J connectivity index is 2.28. The molecule has 23 heavy (non-hydrogen) atoms. The molecule has 0 spiro atoms. The Kier molecular flexibility index (Phi) is 6.02. The average molecular weight is 352 g/mol. The molecule has 2 aromatic carbocycles. The maximum absolute atomic E-state index is 12.3. The molecule has 0 aliphatic carbocycles. The van der Waals surface area contributed by atoms with Crippen LogP contribution in [-0.2, 0) is 4.74 Å². The molecule has 4 nitrogen and oxygen atoms in total. The largest absolute Gasteiger partial charge is 0.462 e. The Bertz CT molecular complexity index is 732. The van der Waals surface area contributed by atoms with Crippen molar-refractivity contribution >= 4 is 40.8 Å². The minimum atomic E-state index is -0.516.